The molecule has 0 heterocycles. The summed E-state index contributed by atoms with van der Waals surface area (Å²) < 4.78 is 29.0. The molecule has 2 amide bonds. The van der Waals surface area contributed by atoms with E-state index in [1.165, 1.54) is 17.0 Å². The summed E-state index contributed by atoms with van der Waals surface area (Å²) in [6.07, 6.45) is 1.07. The van der Waals surface area contributed by atoms with Crippen LogP contribution in [0.2, 0.25) is 5.02 Å². The Morgan fingerprint density at radius 1 is 0.925 bits per heavy atom. The Labute approximate surface area is 243 Å². The van der Waals surface area contributed by atoms with Gasteiger partial charge in [0.25, 0.3) is 10.0 Å². The molecule has 0 aromatic heterocycles. The van der Waals surface area contributed by atoms with Crippen molar-refractivity contribution >= 4 is 39.1 Å². The minimum Gasteiger partial charge on any atom is -0.352 e. The van der Waals surface area contributed by atoms with E-state index in [2.05, 4.69) is 5.32 Å². The lowest BCUT2D eigenvalue weighted by Gasteiger charge is -2.34. The Balaban J connectivity index is 2.09. The Bertz CT molecular complexity index is 1430. The summed E-state index contributed by atoms with van der Waals surface area (Å²) in [7, 11) is -4.12. The van der Waals surface area contributed by atoms with Crippen LogP contribution in [0.1, 0.15) is 50.3 Å². The fourth-order valence-corrected chi connectivity index (χ4v) is 6.18. The molecule has 7 nitrogen and oxygen atoms in total. The van der Waals surface area contributed by atoms with E-state index in [4.69, 9.17) is 11.6 Å². The molecular weight excluding hydrogens is 546 g/mol. The molecule has 0 aliphatic rings. The number of hydrogen-bond acceptors (Lipinski definition) is 4. The number of rotatable bonds is 12. The van der Waals surface area contributed by atoms with E-state index >= 15 is 0 Å². The SMILES string of the molecule is CC[C@H](C)NC(=O)[C@H](CC)N(Cc1ccccc1Cl)C(=O)CN(c1ccc(C)cc1C)S(=O)(=O)c1ccccc1. The van der Waals surface area contributed by atoms with E-state index < -0.39 is 28.5 Å². The standard InChI is InChI=1S/C31H38ClN3O4S/c1-6-24(5)33-31(37)28(7-2)34(20-25-13-11-12-16-27(25)32)30(36)21-35(29-18-17-22(3)19-23(29)4)40(38,39)26-14-9-8-10-15-26/h8-19,24,28H,6-7,20-21H2,1-5H3,(H,33,37)/t24-,28-/m0/s1. The van der Waals surface area contributed by atoms with E-state index in [1.807, 2.05) is 52.8 Å². The first-order valence-electron chi connectivity index (χ1n) is 13.5. The molecule has 0 radical (unpaired) electrons. The first-order chi connectivity index (χ1) is 19.0. The smallest absolute Gasteiger partial charge is 0.264 e. The summed E-state index contributed by atoms with van der Waals surface area (Å²) >= 11 is 6.45. The minimum absolute atomic E-state index is 0.0526. The van der Waals surface area contributed by atoms with Crippen molar-refractivity contribution in [2.75, 3.05) is 10.8 Å². The summed E-state index contributed by atoms with van der Waals surface area (Å²) in [6, 6.07) is 19.7. The van der Waals surface area contributed by atoms with Crippen molar-refractivity contribution in [3.05, 3.63) is 94.5 Å². The molecule has 3 aromatic rings. The average Bonchev–Trinajstić information content (AvgIpc) is 2.93. The predicted molar refractivity (Wildman–Crippen MR) is 161 cm³/mol. The maximum atomic E-state index is 14.2. The number of amides is 2. The van der Waals surface area contributed by atoms with Gasteiger partial charge in [-0.1, -0.05) is 79.5 Å². The Hall–Kier alpha value is -3.36. The third-order valence-corrected chi connectivity index (χ3v) is 9.06. The van der Waals surface area contributed by atoms with Crippen molar-refractivity contribution in [1.29, 1.82) is 0 Å². The molecule has 1 N–H and O–H groups in total. The number of carbonyl (C=O) groups is 2. The van der Waals surface area contributed by atoms with Crippen molar-refractivity contribution in [2.24, 2.45) is 0 Å². The van der Waals surface area contributed by atoms with Crippen LogP contribution in [0.25, 0.3) is 0 Å². The second-order valence-corrected chi connectivity index (χ2v) is 12.2. The Kier molecular flexibility index (Phi) is 10.8. The molecule has 0 bridgehead atoms. The van der Waals surface area contributed by atoms with Gasteiger partial charge in [0, 0.05) is 17.6 Å². The lowest BCUT2D eigenvalue weighted by molar-refractivity contribution is -0.140. The molecule has 3 aromatic carbocycles. The summed E-state index contributed by atoms with van der Waals surface area (Å²) in [4.78, 5) is 29.0. The van der Waals surface area contributed by atoms with Crippen LogP contribution in [0.5, 0.6) is 0 Å². The monoisotopic (exact) mass is 583 g/mol. The van der Waals surface area contributed by atoms with Crippen LogP contribution in [0, 0.1) is 13.8 Å². The third-order valence-electron chi connectivity index (χ3n) is 6.92. The topological polar surface area (TPSA) is 86.8 Å². The summed E-state index contributed by atoms with van der Waals surface area (Å²) in [6.45, 7) is 9.00. The number of aryl methyl sites for hydroxylation is 2. The van der Waals surface area contributed by atoms with E-state index in [0.717, 1.165) is 16.3 Å². The van der Waals surface area contributed by atoms with Gasteiger partial charge in [0.05, 0.1) is 10.6 Å². The molecule has 3 rings (SSSR count). The molecule has 0 fully saturated rings. The van der Waals surface area contributed by atoms with Gasteiger partial charge in [-0.2, -0.15) is 0 Å². The van der Waals surface area contributed by atoms with Gasteiger partial charge in [-0.25, -0.2) is 8.42 Å². The van der Waals surface area contributed by atoms with Crippen LogP contribution < -0.4 is 9.62 Å². The van der Waals surface area contributed by atoms with Crippen LogP contribution in [0.3, 0.4) is 0 Å². The first kappa shape index (κ1) is 31.2. The Morgan fingerprint density at radius 3 is 2.17 bits per heavy atom. The fourth-order valence-electron chi connectivity index (χ4n) is 4.49. The van der Waals surface area contributed by atoms with Gasteiger partial charge in [0.1, 0.15) is 12.6 Å². The van der Waals surface area contributed by atoms with E-state index in [1.54, 1.807) is 42.5 Å². The summed E-state index contributed by atoms with van der Waals surface area (Å²) in [5, 5.41) is 3.43. The van der Waals surface area contributed by atoms with Gasteiger partial charge in [-0.15, -0.1) is 0 Å². The highest BCUT2D eigenvalue weighted by Crippen LogP contribution is 2.29. The molecule has 0 aliphatic heterocycles. The lowest BCUT2D eigenvalue weighted by Crippen LogP contribution is -2.53. The maximum absolute atomic E-state index is 14.2. The fraction of sp³-hybridized carbons (Fsp3) is 0.355. The molecule has 9 heteroatoms. The molecule has 0 saturated heterocycles. The van der Waals surface area contributed by atoms with E-state index in [9.17, 15) is 18.0 Å². The number of halogens is 1. The van der Waals surface area contributed by atoms with Crippen molar-refractivity contribution in [3.8, 4) is 0 Å². The average molecular weight is 584 g/mol. The third kappa shape index (κ3) is 7.43. The second kappa shape index (κ2) is 13.8. The molecule has 0 spiro atoms. The number of carbonyl (C=O) groups excluding carboxylic acids is 2. The van der Waals surface area contributed by atoms with Gasteiger partial charge in [0.15, 0.2) is 0 Å². The zero-order valence-corrected chi connectivity index (χ0v) is 25.3. The molecule has 0 saturated carbocycles. The van der Waals surface area contributed by atoms with Gasteiger partial charge < -0.3 is 10.2 Å². The Morgan fingerprint density at radius 2 is 1.57 bits per heavy atom. The number of nitrogens with one attached hydrogen (secondary N) is 1. The van der Waals surface area contributed by atoms with Crippen LogP contribution in [0.4, 0.5) is 5.69 Å². The van der Waals surface area contributed by atoms with Crippen LogP contribution in [-0.2, 0) is 26.2 Å². The molecule has 0 aliphatic carbocycles. The van der Waals surface area contributed by atoms with Gasteiger partial charge in [-0.05, 0) is 69.0 Å². The predicted octanol–water partition coefficient (Wildman–Crippen LogP) is 5.87. The van der Waals surface area contributed by atoms with Crippen LogP contribution in [0.15, 0.2) is 77.7 Å². The number of benzene rings is 3. The highest BCUT2D eigenvalue weighted by Gasteiger charge is 2.34. The van der Waals surface area contributed by atoms with E-state index in [0.29, 0.717) is 28.3 Å². The molecule has 214 valence electrons. The largest absolute Gasteiger partial charge is 0.352 e. The van der Waals surface area contributed by atoms with Crippen molar-refractivity contribution in [3.63, 3.8) is 0 Å². The van der Waals surface area contributed by atoms with Crippen molar-refractivity contribution in [2.45, 2.75) is 71.0 Å². The van der Waals surface area contributed by atoms with Gasteiger partial charge in [-0.3, -0.25) is 13.9 Å². The number of anilines is 1. The van der Waals surface area contributed by atoms with Crippen molar-refractivity contribution < 1.29 is 18.0 Å². The minimum atomic E-state index is -4.12. The normalized spacial score (nSPS) is 12.8. The maximum Gasteiger partial charge on any atom is 0.264 e. The van der Waals surface area contributed by atoms with Crippen molar-refractivity contribution in [1.82, 2.24) is 10.2 Å². The first-order valence-corrected chi connectivity index (χ1v) is 15.3. The zero-order valence-electron chi connectivity index (χ0n) is 23.7. The lowest BCUT2D eigenvalue weighted by atomic mass is 10.1. The van der Waals surface area contributed by atoms with Gasteiger partial charge in [0.2, 0.25) is 11.8 Å². The van der Waals surface area contributed by atoms with Crippen LogP contribution >= 0.6 is 11.6 Å². The number of sulfonamides is 1. The molecule has 40 heavy (non-hydrogen) atoms. The quantitative estimate of drug-likeness (QED) is 0.289. The van der Waals surface area contributed by atoms with E-state index in [-0.39, 0.29) is 23.4 Å². The molecule has 2 atom stereocenters. The highest BCUT2D eigenvalue weighted by molar-refractivity contribution is 7.92. The van der Waals surface area contributed by atoms with Crippen LogP contribution in [-0.4, -0.2) is 43.8 Å². The van der Waals surface area contributed by atoms with Gasteiger partial charge >= 0.3 is 0 Å². The summed E-state index contributed by atoms with van der Waals surface area (Å²) in [5.41, 5.74) is 2.75. The molecule has 0 unspecified atom stereocenters. The second-order valence-electron chi connectivity index (χ2n) is 9.97. The number of hydrogen-bond donors (Lipinski definition) is 1. The number of nitrogens with zero attached hydrogens (tertiary/aromatic N) is 2. The summed E-state index contributed by atoms with van der Waals surface area (Å²) in [5.74, 6) is -0.799. The molecular formula is C31H38ClN3O4S. The highest BCUT2D eigenvalue weighted by atomic mass is 35.5. The zero-order chi connectivity index (χ0) is 29.4.